The van der Waals surface area contributed by atoms with Gasteiger partial charge >= 0.3 is 5.97 Å². The maximum absolute atomic E-state index is 11.4. The molecule has 4 nitrogen and oxygen atoms in total. The summed E-state index contributed by atoms with van der Waals surface area (Å²) in [7, 11) is 1.28. The van der Waals surface area contributed by atoms with E-state index in [4.69, 9.17) is 4.74 Å². The van der Waals surface area contributed by atoms with E-state index in [1.807, 2.05) is 24.3 Å². The third-order valence-electron chi connectivity index (χ3n) is 2.07. The second-order valence-corrected chi connectivity index (χ2v) is 3.10. The molecule has 0 amide bonds. The number of ether oxygens (including phenoxy) is 1. The number of hydrogen-bond donors (Lipinski definition) is 0. The molecule has 16 heavy (non-hydrogen) atoms. The first kappa shape index (κ1) is 10.4. The molecule has 1 aliphatic rings. The quantitative estimate of drug-likeness (QED) is 0.563. The molecule has 1 aliphatic heterocycles. The van der Waals surface area contributed by atoms with Crippen molar-refractivity contribution in [2.24, 2.45) is 0 Å². The summed E-state index contributed by atoms with van der Waals surface area (Å²) in [5.74, 6) is 0.137. The van der Waals surface area contributed by atoms with E-state index >= 15 is 0 Å². The summed E-state index contributed by atoms with van der Waals surface area (Å²) in [5, 5.41) is 0. The molecule has 0 atom stereocenters. The summed E-state index contributed by atoms with van der Waals surface area (Å²) >= 11 is 0. The van der Waals surface area contributed by atoms with E-state index in [9.17, 15) is 4.79 Å². The SMILES string of the molecule is COOC(=O)C1=Cc2ccccc2OC=C1. The Hall–Kier alpha value is -2.07. The van der Waals surface area contributed by atoms with Crippen molar-refractivity contribution in [3.63, 3.8) is 0 Å². The summed E-state index contributed by atoms with van der Waals surface area (Å²) in [6, 6.07) is 7.39. The monoisotopic (exact) mass is 218 g/mol. The molecule has 0 radical (unpaired) electrons. The number of carbonyl (C=O) groups excluding carboxylic acids is 1. The number of hydrogen-bond acceptors (Lipinski definition) is 4. The zero-order valence-corrected chi connectivity index (χ0v) is 8.67. The molecule has 0 saturated carbocycles. The predicted molar refractivity (Wildman–Crippen MR) is 57.3 cm³/mol. The Bertz CT molecular complexity index is 460. The Kier molecular flexibility index (Phi) is 3.03. The van der Waals surface area contributed by atoms with Crippen molar-refractivity contribution in [2.75, 3.05) is 7.11 Å². The molecule has 2 rings (SSSR count). The number of fused-ring (bicyclic) bond motifs is 1. The van der Waals surface area contributed by atoms with E-state index in [1.165, 1.54) is 19.4 Å². The minimum absolute atomic E-state index is 0.367. The number of carbonyl (C=O) groups is 1. The van der Waals surface area contributed by atoms with E-state index < -0.39 is 5.97 Å². The van der Waals surface area contributed by atoms with Crippen molar-refractivity contribution in [2.45, 2.75) is 0 Å². The van der Waals surface area contributed by atoms with Crippen LogP contribution >= 0.6 is 0 Å². The van der Waals surface area contributed by atoms with Gasteiger partial charge in [0.25, 0.3) is 0 Å². The van der Waals surface area contributed by atoms with Crippen LogP contribution in [-0.2, 0) is 14.6 Å². The van der Waals surface area contributed by atoms with Gasteiger partial charge in [0.05, 0.1) is 18.9 Å². The fraction of sp³-hybridized carbons (Fsp3) is 0.0833. The molecule has 0 saturated heterocycles. The van der Waals surface area contributed by atoms with Crippen LogP contribution < -0.4 is 4.74 Å². The summed E-state index contributed by atoms with van der Waals surface area (Å²) in [5.41, 5.74) is 1.18. The second kappa shape index (κ2) is 4.63. The summed E-state index contributed by atoms with van der Waals surface area (Å²) in [6.45, 7) is 0. The summed E-state index contributed by atoms with van der Waals surface area (Å²) < 4.78 is 5.33. The highest BCUT2D eigenvalue weighted by Gasteiger charge is 2.13. The third kappa shape index (κ3) is 2.12. The van der Waals surface area contributed by atoms with E-state index in [0.29, 0.717) is 11.3 Å². The van der Waals surface area contributed by atoms with Crippen molar-refractivity contribution < 1.29 is 19.3 Å². The lowest BCUT2D eigenvalue weighted by molar-refractivity contribution is -0.250. The first-order valence-corrected chi connectivity index (χ1v) is 4.70. The molecule has 0 bridgehead atoms. The van der Waals surface area contributed by atoms with Crippen LogP contribution in [0.1, 0.15) is 5.56 Å². The Morgan fingerprint density at radius 1 is 1.31 bits per heavy atom. The van der Waals surface area contributed by atoms with Crippen molar-refractivity contribution >= 4 is 12.0 Å². The molecule has 1 heterocycles. The molecular formula is C12H10O4. The lowest BCUT2D eigenvalue weighted by Gasteiger charge is -2.01. The molecular weight excluding hydrogens is 208 g/mol. The van der Waals surface area contributed by atoms with Crippen molar-refractivity contribution in [1.29, 1.82) is 0 Å². The van der Waals surface area contributed by atoms with Gasteiger partial charge in [-0.05, 0) is 18.2 Å². The first-order chi connectivity index (χ1) is 7.81. The minimum atomic E-state index is -0.556. The molecule has 0 unspecified atom stereocenters. The molecule has 4 heteroatoms. The Morgan fingerprint density at radius 2 is 2.12 bits per heavy atom. The van der Waals surface area contributed by atoms with Gasteiger partial charge in [0, 0.05) is 5.56 Å². The van der Waals surface area contributed by atoms with Crippen LogP contribution in [0.2, 0.25) is 0 Å². The fourth-order valence-corrected chi connectivity index (χ4v) is 1.35. The van der Waals surface area contributed by atoms with Gasteiger partial charge in [-0.1, -0.05) is 18.2 Å². The Balaban J connectivity index is 2.35. The molecule has 0 fully saturated rings. The summed E-state index contributed by atoms with van der Waals surface area (Å²) in [4.78, 5) is 20.2. The van der Waals surface area contributed by atoms with Crippen LogP contribution in [0.15, 0.2) is 42.2 Å². The highest BCUT2D eigenvalue weighted by atomic mass is 17.2. The van der Waals surface area contributed by atoms with Gasteiger partial charge in [-0.15, -0.1) is 0 Å². The Morgan fingerprint density at radius 3 is 2.94 bits per heavy atom. The second-order valence-electron chi connectivity index (χ2n) is 3.10. The average molecular weight is 218 g/mol. The van der Waals surface area contributed by atoms with E-state index in [-0.39, 0.29) is 0 Å². The maximum atomic E-state index is 11.4. The van der Waals surface area contributed by atoms with Crippen molar-refractivity contribution in [1.82, 2.24) is 0 Å². The third-order valence-corrected chi connectivity index (χ3v) is 2.07. The van der Waals surface area contributed by atoms with Gasteiger partial charge in [0.15, 0.2) is 0 Å². The highest BCUT2D eigenvalue weighted by Crippen LogP contribution is 2.24. The van der Waals surface area contributed by atoms with Crippen LogP contribution in [0.25, 0.3) is 6.08 Å². The van der Waals surface area contributed by atoms with Gasteiger partial charge < -0.3 is 4.74 Å². The van der Waals surface area contributed by atoms with Crippen molar-refractivity contribution in [3.8, 4) is 5.75 Å². The maximum Gasteiger partial charge on any atom is 0.373 e. The highest BCUT2D eigenvalue weighted by molar-refractivity contribution is 5.97. The van der Waals surface area contributed by atoms with Crippen LogP contribution in [0.5, 0.6) is 5.75 Å². The van der Waals surface area contributed by atoms with Gasteiger partial charge in [-0.25, -0.2) is 4.79 Å². The molecule has 82 valence electrons. The number of benzene rings is 1. The van der Waals surface area contributed by atoms with Crippen molar-refractivity contribution in [3.05, 3.63) is 47.7 Å². The lowest BCUT2D eigenvalue weighted by Crippen LogP contribution is -2.04. The predicted octanol–water partition coefficient (Wildman–Crippen LogP) is 2.08. The smallest absolute Gasteiger partial charge is 0.373 e. The molecule has 0 aliphatic carbocycles. The fourth-order valence-electron chi connectivity index (χ4n) is 1.35. The first-order valence-electron chi connectivity index (χ1n) is 4.70. The van der Waals surface area contributed by atoms with Crippen LogP contribution in [0.4, 0.5) is 0 Å². The van der Waals surface area contributed by atoms with Gasteiger partial charge in [-0.3, -0.25) is 4.89 Å². The molecule has 0 spiro atoms. The largest absolute Gasteiger partial charge is 0.464 e. The summed E-state index contributed by atoms with van der Waals surface area (Å²) in [6.07, 6.45) is 4.65. The molecule has 1 aromatic rings. The van der Waals surface area contributed by atoms with Crippen LogP contribution in [-0.4, -0.2) is 13.1 Å². The molecule has 1 aromatic carbocycles. The topological polar surface area (TPSA) is 44.8 Å². The zero-order valence-electron chi connectivity index (χ0n) is 8.67. The normalized spacial score (nSPS) is 13.2. The molecule has 0 N–H and O–H groups in total. The van der Waals surface area contributed by atoms with Gasteiger partial charge in [0.1, 0.15) is 5.75 Å². The average Bonchev–Trinajstić information content (AvgIpc) is 2.51. The van der Waals surface area contributed by atoms with E-state index in [0.717, 1.165) is 5.56 Å². The van der Waals surface area contributed by atoms with Gasteiger partial charge in [-0.2, -0.15) is 4.89 Å². The number of para-hydroxylation sites is 1. The zero-order chi connectivity index (χ0) is 11.4. The minimum Gasteiger partial charge on any atom is -0.464 e. The van der Waals surface area contributed by atoms with E-state index in [1.54, 1.807) is 6.08 Å². The number of rotatable bonds is 2. The van der Waals surface area contributed by atoms with Gasteiger partial charge in [0.2, 0.25) is 0 Å². The van der Waals surface area contributed by atoms with E-state index in [2.05, 4.69) is 9.78 Å². The molecule has 0 aromatic heterocycles. The standard InChI is InChI=1S/C12H10O4/c1-14-16-12(13)10-6-7-15-11-5-3-2-4-9(11)8-10/h2-8H,1H3. The van der Waals surface area contributed by atoms with Crippen LogP contribution in [0, 0.1) is 0 Å². The van der Waals surface area contributed by atoms with Crippen LogP contribution in [0.3, 0.4) is 0 Å². The lowest BCUT2D eigenvalue weighted by atomic mass is 10.1. The Labute approximate surface area is 92.7 Å².